The maximum Gasteiger partial charge on any atom is 0.0870 e. The summed E-state index contributed by atoms with van der Waals surface area (Å²) < 4.78 is 1.09. The van der Waals surface area contributed by atoms with E-state index in [0.29, 0.717) is 0 Å². The monoisotopic (exact) mass is 292 g/mol. The second-order valence-corrected chi connectivity index (χ2v) is 5.04. The highest BCUT2D eigenvalue weighted by Crippen LogP contribution is 2.33. The van der Waals surface area contributed by atoms with Gasteiger partial charge in [-0.05, 0) is 47.3 Å². The fraction of sp³-hybridized carbons (Fsp3) is 0.357. The van der Waals surface area contributed by atoms with Crippen LogP contribution in [0.2, 0.25) is 0 Å². The van der Waals surface area contributed by atoms with Gasteiger partial charge in [0.1, 0.15) is 0 Å². The SMILES string of the molecule is CCc1c(C)nc2c(Br)c(C)ccc2c1NC. The Hall–Kier alpha value is -1.09. The smallest absolute Gasteiger partial charge is 0.0870 e. The average molecular weight is 293 g/mol. The summed E-state index contributed by atoms with van der Waals surface area (Å²) in [6, 6.07) is 4.27. The van der Waals surface area contributed by atoms with Crippen molar-refractivity contribution in [2.24, 2.45) is 0 Å². The van der Waals surface area contributed by atoms with Gasteiger partial charge in [0.15, 0.2) is 0 Å². The molecule has 0 saturated carbocycles. The molecule has 0 unspecified atom stereocenters. The van der Waals surface area contributed by atoms with E-state index in [1.807, 2.05) is 7.05 Å². The average Bonchev–Trinajstić information content (AvgIpc) is 2.33. The van der Waals surface area contributed by atoms with E-state index >= 15 is 0 Å². The van der Waals surface area contributed by atoms with Crippen LogP contribution >= 0.6 is 15.9 Å². The van der Waals surface area contributed by atoms with Gasteiger partial charge in [-0.15, -0.1) is 0 Å². The molecule has 0 saturated heterocycles. The van der Waals surface area contributed by atoms with Crippen molar-refractivity contribution in [2.45, 2.75) is 27.2 Å². The molecule has 1 heterocycles. The topological polar surface area (TPSA) is 24.9 Å². The van der Waals surface area contributed by atoms with Crippen molar-refractivity contribution in [1.82, 2.24) is 4.98 Å². The van der Waals surface area contributed by atoms with Crippen LogP contribution in [0.4, 0.5) is 5.69 Å². The molecule has 0 amide bonds. The van der Waals surface area contributed by atoms with Gasteiger partial charge in [0.05, 0.1) is 5.52 Å². The largest absolute Gasteiger partial charge is 0.387 e. The molecule has 0 aliphatic carbocycles. The minimum Gasteiger partial charge on any atom is -0.387 e. The summed E-state index contributed by atoms with van der Waals surface area (Å²) in [5.41, 5.74) is 5.88. The van der Waals surface area contributed by atoms with Crippen molar-refractivity contribution in [1.29, 1.82) is 0 Å². The molecule has 17 heavy (non-hydrogen) atoms. The van der Waals surface area contributed by atoms with Crippen LogP contribution in [0.1, 0.15) is 23.7 Å². The predicted octanol–water partition coefficient (Wildman–Crippen LogP) is 4.22. The second kappa shape index (κ2) is 4.65. The van der Waals surface area contributed by atoms with Crippen molar-refractivity contribution in [3.8, 4) is 0 Å². The molecule has 2 aromatic rings. The van der Waals surface area contributed by atoms with Gasteiger partial charge >= 0.3 is 0 Å². The molecule has 2 rings (SSSR count). The van der Waals surface area contributed by atoms with Crippen molar-refractivity contribution in [2.75, 3.05) is 12.4 Å². The highest BCUT2D eigenvalue weighted by atomic mass is 79.9. The summed E-state index contributed by atoms with van der Waals surface area (Å²) in [4.78, 5) is 4.73. The number of aromatic nitrogens is 1. The molecule has 0 aliphatic heterocycles. The first kappa shape index (κ1) is 12.4. The molecule has 0 bridgehead atoms. The number of pyridine rings is 1. The molecule has 0 atom stereocenters. The molecular weight excluding hydrogens is 276 g/mol. The Morgan fingerprint density at radius 2 is 2.00 bits per heavy atom. The van der Waals surface area contributed by atoms with Crippen LogP contribution < -0.4 is 5.32 Å². The molecule has 3 heteroatoms. The van der Waals surface area contributed by atoms with Gasteiger partial charge in [-0.1, -0.05) is 19.1 Å². The zero-order valence-corrected chi connectivity index (χ0v) is 12.3. The van der Waals surface area contributed by atoms with Crippen molar-refractivity contribution in [3.05, 3.63) is 33.4 Å². The minimum atomic E-state index is 0.996. The number of hydrogen-bond donors (Lipinski definition) is 1. The van der Waals surface area contributed by atoms with Gasteiger partial charge in [0, 0.05) is 28.3 Å². The van der Waals surface area contributed by atoms with Gasteiger partial charge in [-0.3, -0.25) is 4.98 Å². The van der Waals surface area contributed by atoms with Crippen molar-refractivity contribution < 1.29 is 0 Å². The Kier molecular flexibility index (Phi) is 3.38. The van der Waals surface area contributed by atoms with E-state index in [2.05, 4.69) is 54.2 Å². The number of nitrogens with one attached hydrogen (secondary N) is 1. The number of hydrogen-bond acceptors (Lipinski definition) is 2. The number of aryl methyl sites for hydroxylation is 2. The van der Waals surface area contributed by atoms with Gasteiger partial charge < -0.3 is 5.32 Å². The van der Waals surface area contributed by atoms with Crippen LogP contribution in [0.5, 0.6) is 0 Å². The number of nitrogens with zero attached hydrogens (tertiary/aromatic N) is 1. The van der Waals surface area contributed by atoms with Gasteiger partial charge in [0.2, 0.25) is 0 Å². The summed E-state index contributed by atoms with van der Waals surface area (Å²) in [6.45, 7) is 6.33. The van der Waals surface area contributed by atoms with E-state index in [4.69, 9.17) is 4.98 Å². The lowest BCUT2D eigenvalue weighted by atomic mass is 10.0. The zero-order valence-electron chi connectivity index (χ0n) is 10.7. The minimum absolute atomic E-state index is 0.996. The lowest BCUT2D eigenvalue weighted by Crippen LogP contribution is -2.02. The van der Waals surface area contributed by atoms with Crippen LogP contribution in [0.15, 0.2) is 16.6 Å². The number of benzene rings is 1. The standard InChI is InChI=1S/C14H17BrN2/c1-5-10-9(3)17-14-11(13(10)16-4)7-6-8(2)12(14)15/h6-7H,5H2,1-4H3,(H,16,17). The zero-order chi connectivity index (χ0) is 12.6. The normalized spacial score (nSPS) is 10.9. The summed E-state index contributed by atoms with van der Waals surface area (Å²) in [5, 5.41) is 4.50. The molecule has 1 aromatic heterocycles. The Morgan fingerprint density at radius 1 is 1.29 bits per heavy atom. The third kappa shape index (κ3) is 1.93. The third-order valence-electron chi connectivity index (χ3n) is 3.20. The molecule has 0 spiro atoms. The van der Waals surface area contributed by atoms with E-state index in [-0.39, 0.29) is 0 Å². The van der Waals surface area contributed by atoms with E-state index < -0.39 is 0 Å². The van der Waals surface area contributed by atoms with Gasteiger partial charge in [0.25, 0.3) is 0 Å². The van der Waals surface area contributed by atoms with Gasteiger partial charge in [-0.2, -0.15) is 0 Å². The summed E-state index contributed by atoms with van der Waals surface area (Å²) in [5.74, 6) is 0. The molecule has 0 radical (unpaired) electrons. The molecule has 1 aromatic carbocycles. The quantitative estimate of drug-likeness (QED) is 0.896. The maximum absolute atomic E-state index is 4.73. The molecular formula is C14H17BrN2. The fourth-order valence-corrected chi connectivity index (χ4v) is 2.71. The van der Waals surface area contributed by atoms with E-state index in [1.54, 1.807) is 0 Å². The van der Waals surface area contributed by atoms with Crippen molar-refractivity contribution >= 4 is 32.5 Å². The number of anilines is 1. The Morgan fingerprint density at radius 3 is 2.59 bits per heavy atom. The Labute approximate surface area is 111 Å². The van der Waals surface area contributed by atoms with E-state index in [0.717, 1.165) is 22.1 Å². The van der Waals surface area contributed by atoms with Gasteiger partial charge in [-0.25, -0.2) is 0 Å². The summed E-state index contributed by atoms with van der Waals surface area (Å²) >= 11 is 3.63. The first-order valence-electron chi connectivity index (χ1n) is 5.86. The van der Waals surface area contributed by atoms with Crippen LogP contribution in [-0.2, 0) is 6.42 Å². The first-order chi connectivity index (χ1) is 8.10. The first-order valence-corrected chi connectivity index (χ1v) is 6.65. The highest BCUT2D eigenvalue weighted by Gasteiger charge is 2.12. The summed E-state index contributed by atoms with van der Waals surface area (Å²) in [7, 11) is 1.97. The Bertz CT molecular complexity index is 576. The van der Waals surface area contributed by atoms with Crippen LogP contribution in [0.25, 0.3) is 10.9 Å². The Balaban J connectivity index is 2.92. The van der Waals surface area contributed by atoms with Crippen LogP contribution in [0, 0.1) is 13.8 Å². The number of fused-ring (bicyclic) bond motifs is 1. The molecule has 0 aliphatic rings. The molecule has 0 fully saturated rings. The molecule has 90 valence electrons. The van der Waals surface area contributed by atoms with E-state index in [9.17, 15) is 0 Å². The third-order valence-corrected chi connectivity index (χ3v) is 4.20. The second-order valence-electron chi connectivity index (χ2n) is 4.25. The van der Waals surface area contributed by atoms with E-state index in [1.165, 1.54) is 22.2 Å². The molecule has 1 N–H and O–H groups in total. The number of rotatable bonds is 2. The fourth-order valence-electron chi connectivity index (χ4n) is 2.27. The maximum atomic E-state index is 4.73. The highest BCUT2D eigenvalue weighted by molar-refractivity contribution is 9.10. The lowest BCUT2D eigenvalue weighted by Gasteiger charge is -2.15. The molecule has 2 nitrogen and oxygen atoms in total. The van der Waals surface area contributed by atoms with Crippen molar-refractivity contribution in [3.63, 3.8) is 0 Å². The predicted molar refractivity (Wildman–Crippen MR) is 77.8 cm³/mol. The number of halogens is 1. The summed E-state index contributed by atoms with van der Waals surface area (Å²) in [6.07, 6.45) is 0.996. The lowest BCUT2D eigenvalue weighted by molar-refractivity contribution is 1.07. The van der Waals surface area contributed by atoms with Crippen LogP contribution in [0.3, 0.4) is 0 Å². The van der Waals surface area contributed by atoms with Crippen LogP contribution in [-0.4, -0.2) is 12.0 Å².